The summed E-state index contributed by atoms with van der Waals surface area (Å²) in [5, 5.41) is 9.00. The number of amides is 2. The second kappa shape index (κ2) is 13.8. The van der Waals surface area contributed by atoms with Gasteiger partial charge in [0.05, 0.1) is 7.11 Å². The van der Waals surface area contributed by atoms with Gasteiger partial charge in [0.1, 0.15) is 11.5 Å². The molecule has 1 atom stereocenters. The van der Waals surface area contributed by atoms with Crippen LogP contribution in [0.15, 0.2) is 48.5 Å². The minimum Gasteiger partial charge on any atom is -0.497 e. The van der Waals surface area contributed by atoms with Crippen LogP contribution in [0.5, 0.6) is 11.5 Å². The van der Waals surface area contributed by atoms with Crippen LogP contribution in [0.25, 0.3) is 0 Å². The molecule has 10 heteroatoms. The highest BCUT2D eigenvalue weighted by Crippen LogP contribution is 2.32. The van der Waals surface area contributed by atoms with Crippen LogP contribution < -0.4 is 25.4 Å². The van der Waals surface area contributed by atoms with Crippen molar-refractivity contribution in [1.82, 2.24) is 10.6 Å². The van der Waals surface area contributed by atoms with Gasteiger partial charge >= 0.3 is 6.36 Å². The van der Waals surface area contributed by atoms with Crippen molar-refractivity contribution in [3.05, 3.63) is 54.1 Å². The van der Waals surface area contributed by atoms with Gasteiger partial charge in [-0.1, -0.05) is 25.3 Å². The molecule has 1 aliphatic carbocycles. The van der Waals surface area contributed by atoms with Crippen LogP contribution in [0.4, 0.5) is 18.9 Å². The topological polar surface area (TPSA) is 88.7 Å². The third-order valence-corrected chi connectivity index (χ3v) is 6.47. The fourth-order valence-electron chi connectivity index (χ4n) is 4.63. The SMILES string of the molecule is COc1ccc(NCCNC(=O)C(CCNC(=O)c2cccc(OC(F)(F)F)c2)C2CCCCC2)cc1. The van der Waals surface area contributed by atoms with Gasteiger partial charge in [-0.3, -0.25) is 9.59 Å². The van der Waals surface area contributed by atoms with E-state index in [0.717, 1.165) is 55.7 Å². The molecule has 2 aromatic carbocycles. The number of hydrogen-bond donors (Lipinski definition) is 3. The number of benzene rings is 2. The van der Waals surface area contributed by atoms with Gasteiger partial charge in [-0.2, -0.15) is 0 Å². The van der Waals surface area contributed by atoms with Gasteiger partial charge in [0.25, 0.3) is 5.91 Å². The summed E-state index contributed by atoms with van der Waals surface area (Å²) >= 11 is 0. The Balaban J connectivity index is 1.50. The minimum absolute atomic E-state index is 0.0433. The number of hydrogen-bond acceptors (Lipinski definition) is 5. The molecule has 0 spiro atoms. The van der Waals surface area contributed by atoms with Crippen LogP contribution in [0.2, 0.25) is 0 Å². The smallest absolute Gasteiger partial charge is 0.497 e. The molecule has 0 saturated heterocycles. The second-order valence-electron chi connectivity index (χ2n) is 9.07. The lowest BCUT2D eigenvalue weighted by molar-refractivity contribution is -0.274. The first-order chi connectivity index (χ1) is 17.7. The first-order valence-corrected chi connectivity index (χ1v) is 12.5. The molecule has 1 fully saturated rings. The molecular weight excluding hydrogens is 487 g/mol. The van der Waals surface area contributed by atoms with E-state index in [0.29, 0.717) is 19.5 Å². The highest BCUT2D eigenvalue weighted by molar-refractivity contribution is 5.94. The molecule has 1 saturated carbocycles. The lowest BCUT2D eigenvalue weighted by Crippen LogP contribution is -2.40. The zero-order valence-electron chi connectivity index (χ0n) is 20.9. The number of ether oxygens (including phenoxy) is 2. The van der Waals surface area contributed by atoms with Crippen LogP contribution in [0.1, 0.15) is 48.9 Å². The Hall–Kier alpha value is -3.43. The standard InChI is InChI=1S/C27H34F3N3O4/c1-36-22-12-10-21(11-13-22)31-16-17-33-26(35)24(19-6-3-2-4-7-19)14-15-32-25(34)20-8-5-9-23(18-20)37-27(28,29)30/h5,8-13,18-19,24,31H,2-4,6-7,14-17H2,1H3,(H,32,34)(H,33,35). The molecule has 0 heterocycles. The maximum atomic E-state index is 13.1. The first kappa shape index (κ1) is 28.1. The van der Waals surface area contributed by atoms with Crippen molar-refractivity contribution in [2.45, 2.75) is 44.9 Å². The van der Waals surface area contributed by atoms with Crippen molar-refractivity contribution in [3.63, 3.8) is 0 Å². The van der Waals surface area contributed by atoms with E-state index >= 15 is 0 Å². The normalized spacial score (nSPS) is 14.9. The molecule has 0 aliphatic heterocycles. The highest BCUT2D eigenvalue weighted by Gasteiger charge is 2.31. The van der Waals surface area contributed by atoms with Crippen molar-refractivity contribution in [2.24, 2.45) is 11.8 Å². The summed E-state index contributed by atoms with van der Waals surface area (Å²) in [6.45, 7) is 1.25. The van der Waals surface area contributed by atoms with Gasteiger partial charge in [0.15, 0.2) is 0 Å². The van der Waals surface area contributed by atoms with Gasteiger partial charge in [-0.15, -0.1) is 13.2 Å². The number of nitrogens with one attached hydrogen (secondary N) is 3. The largest absolute Gasteiger partial charge is 0.573 e. The van der Waals surface area contributed by atoms with E-state index in [1.54, 1.807) is 7.11 Å². The number of anilines is 1. The molecular formula is C27H34F3N3O4. The summed E-state index contributed by atoms with van der Waals surface area (Å²) in [6.07, 6.45) is 0.855. The fraction of sp³-hybridized carbons (Fsp3) is 0.481. The van der Waals surface area contributed by atoms with Crippen LogP contribution in [-0.2, 0) is 4.79 Å². The highest BCUT2D eigenvalue weighted by atomic mass is 19.4. The van der Waals surface area contributed by atoms with Gasteiger partial charge in [-0.05, 0) is 67.6 Å². The summed E-state index contributed by atoms with van der Waals surface area (Å²) in [5.74, 6) is -0.256. The molecule has 1 unspecified atom stereocenters. The van der Waals surface area contributed by atoms with E-state index in [1.807, 2.05) is 24.3 Å². The Kier molecular flexibility index (Phi) is 10.5. The molecule has 0 aromatic heterocycles. The zero-order valence-corrected chi connectivity index (χ0v) is 20.9. The number of carbonyl (C=O) groups excluding carboxylic acids is 2. The first-order valence-electron chi connectivity index (χ1n) is 12.5. The van der Waals surface area contributed by atoms with Crippen molar-refractivity contribution in [2.75, 3.05) is 32.1 Å². The minimum atomic E-state index is -4.83. The zero-order chi connectivity index (χ0) is 26.7. The fourth-order valence-corrected chi connectivity index (χ4v) is 4.63. The van der Waals surface area contributed by atoms with Crippen molar-refractivity contribution < 1.29 is 32.2 Å². The number of methoxy groups -OCH3 is 1. The Morgan fingerprint density at radius 1 is 0.946 bits per heavy atom. The van der Waals surface area contributed by atoms with Crippen LogP contribution in [0, 0.1) is 11.8 Å². The van der Waals surface area contributed by atoms with E-state index in [2.05, 4.69) is 20.7 Å². The third kappa shape index (κ3) is 9.51. The molecule has 3 rings (SSSR count). The van der Waals surface area contributed by atoms with E-state index in [-0.39, 0.29) is 29.9 Å². The molecule has 7 nitrogen and oxygen atoms in total. The van der Waals surface area contributed by atoms with Crippen molar-refractivity contribution in [1.29, 1.82) is 0 Å². The van der Waals surface area contributed by atoms with E-state index in [9.17, 15) is 22.8 Å². The van der Waals surface area contributed by atoms with Crippen molar-refractivity contribution >= 4 is 17.5 Å². The Labute approximate surface area is 215 Å². The molecule has 202 valence electrons. The summed E-state index contributed by atoms with van der Waals surface area (Å²) < 4.78 is 46.5. The van der Waals surface area contributed by atoms with E-state index < -0.39 is 18.0 Å². The predicted octanol–water partition coefficient (Wildman–Crippen LogP) is 5.14. The van der Waals surface area contributed by atoms with Gasteiger partial charge in [-0.25, -0.2) is 0 Å². The van der Waals surface area contributed by atoms with Crippen LogP contribution >= 0.6 is 0 Å². The van der Waals surface area contributed by atoms with Gasteiger partial charge < -0.3 is 25.4 Å². The molecule has 2 aromatic rings. The third-order valence-electron chi connectivity index (χ3n) is 6.47. The van der Waals surface area contributed by atoms with Gasteiger partial charge in [0, 0.05) is 36.8 Å². The Bertz CT molecular complexity index is 1010. The maximum Gasteiger partial charge on any atom is 0.573 e. The number of alkyl halides is 3. The summed E-state index contributed by atoms with van der Waals surface area (Å²) in [6, 6.07) is 12.4. The molecule has 0 bridgehead atoms. The molecule has 0 radical (unpaired) electrons. The Morgan fingerprint density at radius 3 is 2.35 bits per heavy atom. The number of carbonyl (C=O) groups is 2. The second-order valence-corrected chi connectivity index (χ2v) is 9.07. The number of rotatable bonds is 12. The Morgan fingerprint density at radius 2 is 1.68 bits per heavy atom. The average molecular weight is 522 g/mol. The average Bonchev–Trinajstić information content (AvgIpc) is 2.89. The predicted molar refractivity (Wildman–Crippen MR) is 135 cm³/mol. The van der Waals surface area contributed by atoms with E-state index in [1.165, 1.54) is 12.1 Å². The van der Waals surface area contributed by atoms with Crippen LogP contribution in [-0.4, -0.2) is 44.9 Å². The lowest BCUT2D eigenvalue weighted by atomic mass is 9.78. The quantitative estimate of drug-likeness (QED) is 0.337. The van der Waals surface area contributed by atoms with Gasteiger partial charge in [0.2, 0.25) is 5.91 Å². The van der Waals surface area contributed by atoms with E-state index in [4.69, 9.17) is 4.74 Å². The molecule has 2 amide bonds. The summed E-state index contributed by atoms with van der Waals surface area (Å²) in [7, 11) is 1.61. The molecule has 3 N–H and O–H groups in total. The van der Waals surface area contributed by atoms with Crippen LogP contribution in [0.3, 0.4) is 0 Å². The summed E-state index contributed by atoms with van der Waals surface area (Å²) in [5.41, 5.74) is 0.983. The molecule has 1 aliphatic rings. The van der Waals surface area contributed by atoms with Crippen molar-refractivity contribution in [3.8, 4) is 11.5 Å². The maximum absolute atomic E-state index is 13.1. The lowest BCUT2D eigenvalue weighted by Gasteiger charge is -2.29. The monoisotopic (exact) mass is 521 g/mol. The number of halogens is 3. The summed E-state index contributed by atoms with van der Waals surface area (Å²) in [4.78, 5) is 25.6. The molecule has 37 heavy (non-hydrogen) atoms.